The Hall–Kier alpha value is -2.44. The molecule has 2 aromatic carbocycles. The number of hydrogen-bond acceptors (Lipinski definition) is 3. The fourth-order valence-electron chi connectivity index (χ4n) is 4.75. The lowest BCUT2D eigenvalue weighted by Crippen LogP contribution is -2.68. The number of carboxylic acids is 2. The van der Waals surface area contributed by atoms with Gasteiger partial charge in [-0.3, -0.25) is 9.59 Å². The van der Waals surface area contributed by atoms with E-state index in [1.165, 1.54) is 0 Å². The fourth-order valence-corrected chi connectivity index (χ4v) is 9.48. The maximum absolute atomic E-state index is 11.8. The van der Waals surface area contributed by atoms with Gasteiger partial charge in [0.15, 0.2) is 0 Å². The fraction of sp³-hybridized carbons (Fsp3) is 0.417. The molecule has 0 heterocycles. The van der Waals surface area contributed by atoms with Gasteiger partial charge in [0.2, 0.25) is 0 Å². The summed E-state index contributed by atoms with van der Waals surface area (Å²) in [5.41, 5.74) is 0. The van der Waals surface area contributed by atoms with Gasteiger partial charge < -0.3 is 14.6 Å². The van der Waals surface area contributed by atoms with Gasteiger partial charge in [-0.2, -0.15) is 0 Å². The van der Waals surface area contributed by atoms with Crippen LogP contribution in [0.15, 0.2) is 60.7 Å². The average molecular weight is 427 g/mol. The van der Waals surface area contributed by atoms with Crippen LogP contribution in [0.4, 0.5) is 0 Å². The van der Waals surface area contributed by atoms with E-state index < -0.39 is 32.1 Å². The highest BCUT2D eigenvalue weighted by molar-refractivity contribution is 6.99. The summed E-state index contributed by atoms with van der Waals surface area (Å²) < 4.78 is 7.01. The number of rotatable bonds is 6. The Bertz CT molecular complexity index is 836. The van der Waals surface area contributed by atoms with Gasteiger partial charge >= 0.3 is 11.9 Å². The topological polar surface area (TPSA) is 83.8 Å². The minimum Gasteiger partial charge on any atom is -0.481 e. The summed E-state index contributed by atoms with van der Waals surface area (Å²) in [6.45, 7) is 6.53. The van der Waals surface area contributed by atoms with Crippen LogP contribution in [0.2, 0.25) is 5.04 Å². The second-order valence-corrected chi connectivity index (χ2v) is 13.4. The predicted octanol–water partition coefficient (Wildman–Crippen LogP) is 3.52. The van der Waals surface area contributed by atoms with Crippen molar-refractivity contribution in [1.82, 2.24) is 0 Å². The van der Waals surface area contributed by atoms with Crippen molar-refractivity contribution >= 4 is 30.6 Å². The Kier molecular flexibility index (Phi) is 6.48. The molecule has 2 aromatic rings. The first-order chi connectivity index (χ1) is 14.2. The van der Waals surface area contributed by atoms with Crippen LogP contribution < -0.4 is 10.4 Å². The smallest absolute Gasteiger partial charge is 0.307 e. The van der Waals surface area contributed by atoms with Crippen LogP contribution in [0.25, 0.3) is 0 Å². The standard InChI is InChI=1S/C24H30O5Si/c1-24(2,3)30(18-10-6-4-7-11-18,19-12-8-5-9-13-19)29-17-14-15-20(22(25)26)21(16-17)23(27)28/h4-13,17,20-21H,14-16H2,1-3H3,(H,25,26)(H,27,28)/t17-,20-,21-/m1/s1. The summed E-state index contributed by atoms with van der Waals surface area (Å²) in [7, 11) is -2.79. The average Bonchev–Trinajstić information content (AvgIpc) is 2.72. The molecule has 1 aliphatic rings. The molecule has 30 heavy (non-hydrogen) atoms. The van der Waals surface area contributed by atoms with E-state index in [1.54, 1.807) is 0 Å². The third-order valence-corrected chi connectivity index (χ3v) is 11.3. The first-order valence-electron chi connectivity index (χ1n) is 10.4. The predicted molar refractivity (Wildman–Crippen MR) is 119 cm³/mol. The summed E-state index contributed by atoms with van der Waals surface area (Å²) >= 11 is 0. The molecule has 6 heteroatoms. The van der Waals surface area contributed by atoms with Crippen LogP contribution in [0.1, 0.15) is 40.0 Å². The Morgan fingerprint density at radius 3 is 1.70 bits per heavy atom. The van der Waals surface area contributed by atoms with Crippen molar-refractivity contribution in [1.29, 1.82) is 0 Å². The van der Waals surface area contributed by atoms with E-state index in [1.807, 2.05) is 36.4 Å². The maximum atomic E-state index is 11.8. The number of carboxylic acid groups (broad SMARTS) is 2. The van der Waals surface area contributed by atoms with E-state index in [9.17, 15) is 19.8 Å². The lowest BCUT2D eigenvalue weighted by atomic mass is 9.78. The number of hydrogen-bond donors (Lipinski definition) is 2. The third kappa shape index (κ3) is 4.20. The molecule has 0 saturated heterocycles. The van der Waals surface area contributed by atoms with Crippen molar-refractivity contribution in [3.63, 3.8) is 0 Å². The zero-order valence-corrected chi connectivity index (χ0v) is 18.7. The van der Waals surface area contributed by atoms with Crippen molar-refractivity contribution in [2.45, 2.75) is 51.2 Å². The molecule has 1 fully saturated rings. The van der Waals surface area contributed by atoms with E-state index in [-0.39, 0.29) is 17.6 Å². The molecule has 0 unspecified atom stereocenters. The molecule has 5 nitrogen and oxygen atoms in total. The van der Waals surface area contributed by atoms with E-state index >= 15 is 0 Å². The summed E-state index contributed by atoms with van der Waals surface area (Å²) in [4.78, 5) is 23.4. The molecule has 3 rings (SSSR count). The molecule has 0 amide bonds. The van der Waals surface area contributed by atoms with Gasteiger partial charge in [0.1, 0.15) is 0 Å². The summed E-state index contributed by atoms with van der Waals surface area (Å²) in [6.07, 6.45) is 0.782. The van der Waals surface area contributed by atoms with Gasteiger partial charge in [0.05, 0.1) is 11.8 Å². The minimum absolute atomic E-state index is 0.210. The lowest BCUT2D eigenvalue weighted by Gasteiger charge is -2.46. The van der Waals surface area contributed by atoms with Crippen LogP contribution in [0.5, 0.6) is 0 Å². The van der Waals surface area contributed by atoms with E-state index in [4.69, 9.17) is 4.43 Å². The van der Waals surface area contributed by atoms with Gasteiger partial charge in [-0.15, -0.1) is 0 Å². The Balaban J connectivity index is 2.06. The minimum atomic E-state index is -2.79. The Labute approximate surface area is 178 Å². The SMILES string of the molecule is CC(C)(C)[Si](O[C@@H]1CC[C@@H](C(=O)O)[C@H](C(=O)O)C1)(c1ccccc1)c1ccccc1. The highest BCUT2D eigenvalue weighted by atomic mass is 28.4. The summed E-state index contributed by atoms with van der Waals surface area (Å²) in [5, 5.41) is 21.2. The van der Waals surface area contributed by atoms with Crippen LogP contribution in [-0.2, 0) is 14.0 Å². The molecular weight excluding hydrogens is 396 g/mol. The van der Waals surface area contributed by atoms with Gasteiger partial charge in [0.25, 0.3) is 8.32 Å². The second kappa shape index (κ2) is 8.74. The quantitative estimate of drug-likeness (QED) is 0.691. The molecule has 3 atom stereocenters. The second-order valence-electron chi connectivity index (χ2n) is 9.11. The Morgan fingerprint density at radius 1 is 0.833 bits per heavy atom. The molecule has 160 valence electrons. The number of aliphatic carboxylic acids is 2. The highest BCUT2D eigenvalue weighted by Gasteiger charge is 2.52. The van der Waals surface area contributed by atoms with E-state index in [0.717, 1.165) is 10.4 Å². The van der Waals surface area contributed by atoms with Crippen molar-refractivity contribution < 1.29 is 24.2 Å². The van der Waals surface area contributed by atoms with Gasteiger partial charge in [-0.1, -0.05) is 81.4 Å². The van der Waals surface area contributed by atoms with Gasteiger partial charge in [-0.25, -0.2) is 0 Å². The largest absolute Gasteiger partial charge is 0.481 e. The maximum Gasteiger partial charge on any atom is 0.307 e. The lowest BCUT2D eigenvalue weighted by molar-refractivity contribution is -0.157. The van der Waals surface area contributed by atoms with Crippen molar-refractivity contribution in [2.24, 2.45) is 11.8 Å². The van der Waals surface area contributed by atoms with Crippen molar-refractivity contribution in [3.8, 4) is 0 Å². The highest BCUT2D eigenvalue weighted by Crippen LogP contribution is 2.41. The molecular formula is C24H30O5Si. The Morgan fingerprint density at radius 2 is 1.30 bits per heavy atom. The van der Waals surface area contributed by atoms with Crippen LogP contribution in [0.3, 0.4) is 0 Å². The molecule has 0 radical (unpaired) electrons. The first kappa shape index (κ1) is 22.2. The number of carbonyl (C=O) groups is 2. The molecule has 1 aliphatic carbocycles. The van der Waals surface area contributed by atoms with E-state index in [2.05, 4.69) is 45.0 Å². The molecule has 0 spiro atoms. The third-order valence-electron chi connectivity index (χ3n) is 6.20. The van der Waals surface area contributed by atoms with Gasteiger partial charge in [-0.05, 0) is 34.7 Å². The van der Waals surface area contributed by atoms with Gasteiger partial charge in [0, 0.05) is 6.10 Å². The monoisotopic (exact) mass is 426 g/mol. The zero-order valence-electron chi connectivity index (χ0n) is 17.7. The van der Waals surface area contributed by atoms with Crippen LogP contribution in [0, 0.1) is 11.8 Å². The first-order valence-corrected chi connectivity index (χ1v) is 12.3. The summed E-state index contributed by atoms with van der Waals surface area (Å²) in [5.74, 6) is -3.88. The summed E-state index contributed by atoms with van der Waals surface area (Å²) in [6, 6.07) is 20.4. The van der Waals surface area contributed by atoms with Crippen LogP contribution >= 0.6 is 0 Å². The van der Waals surface area contributed by atoms with E-state index in [0.29, 0.717) is 12.8 Å². The van der Waals surface area contributed by atoms with Crippen LogP contribution in [-0.4, -0.2) is 36.6 Å². The molecule has 1 saturated carbocycles. The molecule has 0 bridgehead atoms. The number of benzene rings is 2. The molecule has 0 aromatic heterocycles. The zero-order chi connectivity index (χ0) is 21.9. The molecule has 0 aliphatic heterocycles. The van der Waals surface area contributed by atoms with Crippen molar-refractivity contribution in [3.05, 3.63) is 60.7 Å². The van der Waals surface area contributed by atoms with Crippen molar-refractivity contribution in [2.75, 3.05) is 0 Å². The normalized spacial score (nSPS) is 22.4. The molecule has 2 N–H and O–H groups in total.